The summed E-state index contributed by atoms with van der Waals surface area (Å²) in [6.45, 7) is 0.803. The molecule has 2 aliphatic rings. The van der Waals surface area contributed by atoms with Crippen molar-refractivity contribution in [1.82, 2.24) is 0 Å². The normalized spacial score (nSPS) is 16.2. The van der Waals surface area contributed by atoms with Crippen LogP contribution < -0.4 is 15.5 Å². The Morgan fingerprint density at radius 2 is 1.69 bits per heavy atom. The van der Waals surface area contributed by atoms with E-state index in [9.17, 15) is 22.4 Å². The second kappa shape index (κ2) is 7.40. The number of nitrogens with zero attached hydrogens (tertiary/aromatic N) is 1. The van der Waals surface area contributed by atoms with Crippen LogP contribution >= 0.6 is 0 Å². The molecule has 0 fully saturated rings. The largest absolute Gasteiger partial charge is 0.418 e. The second-order valence-electron chi connectivity index (χ2n) is 7.70. The van der Waals surface area contributed by atoms with Gasteiger partial charge in [0.25, 0.3) is 5.91 Å². The maximum absolute atomic E-state index is 13.9. The SMILES string of the molecule is O=C1Nc2ccc(F)cc2/C1=C\Nc1ccc(N2Cc3ccccc3C2)c(C(F)(F)F)c1. The predicted octanol–water partition coefficient (Wildman–Crippen LogP) is 5.77. The summed E-state index contributed by atoms with van der Waals surface area (Å²) < 4.78 is 55.2. The molecule has 1 amide bonds. The third-order valence-corrected chi connectivity index (χ3v) is 5.63. The van der Waals surface area contributed by atoms with E-state index in [1.165, 1.54) is 36.5 Å². The van der Waals surface area contributed by atoms with Gasteiger partial charge in [0.1, 0.15) is 5.82 Å². The monoisotopic (exact) mass is 439 g/mol. The molecule has 0 radical (unpaired) electrons. The molecular weight excluding hydrogens is 422 g/mol. The quantitative estimate of drug-likeness (QED) is 0.402. The molecule has 5 rings (SSSR count). The van der Waals surface area contributed by atoms with E-state index in [0.717, 1.165) is 17.2 Å². The first-order chi connectivity index (χ1) is 15.3. The van der Waals surface area contributed by atoms with Crippen LogP contribution in [0.2, 0.25) is 0 Å². The van der Waals surface area contributed by atoms with Crippen LogP contribution in [0.25, 0.3) is 5.57 Å². The molecule has 0 atom stereocenters. The summed E-state index contributed by atoms with van der Waals surface area (Å²) in [7, 11) is 0. The third kappa shape index (κ3) is 3.57. The van der Waals surface area contributed by atoms with Gasteiger partial charge in [0, 0.05) is 41.9 Å². The van der Waals surface area contributed by atoms with Gasteiger partial charge >= 0.3 is 6.18 Å². The summed E-state index contributed by atoms with van der Waals surface area (Å²) in [5, 5.41) is 5.36. The van der Waals surface area contributed by atoms with Crippen LogP contribution in [0.15, 0.2) is 66.9 Å². The summed E-state index contributed by atoms with van der Waals surface area (Å²) >= 11 is 0. The average Bonchev–Trinajstić information content (AvgIpc) is 3.31. The fourth-order valence-electron chi connectivity index (χ4n) is 4.09. The van der Waals surface area contributed by atoms with Crippen molar-refractivity contribution in [2.24, 2.45) is 0 Å². The van der Waals surface area contributed by atoms with Crippen LogP contribution in [0.5, 0.6) is 0 Å². The summed E-state index contributed by atoms with van der Waals surface area (Å²) in [6.07, 6.45) is -3.27. The fraction of sp³-hybridized carbons (Fsp3) is 0.125. The van der Waals surface area contributed by atoms with Gasteiger partial charge in [-0.1, -0.05) is 24.3 Å². The molecule has 4 nitrogen and oxygen atoms in total. The van der Waals surface area contributed by atoms with E-state index < -0.39 is 23.5 Å². The smallest absolute Gasteiger partial charge is 0.362 e. The zero-order valence-corrected chi connectivity index (χ0v) is 16.6. The van der Waals surface area contributed by atoms with Crippen LogP contribution in [0, 0.1) is 5.82 Å². The molecule has 2 N–H and O–H groups in total. The number of carbonyl (C=O) groups is 1. The van der Waals surface area contributed by atoms with E-state index >= 15 is 0 Å². The number of amides is 1. The summed E-state index contributed by atoms with van der Waals surface area (Å²) in [6, 6.07) is 15.4. The molecule has 0 bridgehead atoms. The number of rotatable bonds is 3. The summed E-state index contributed by atoms with van der Waals surface area (Å²) in [5.74, 6) is -0.970. The third-order valence-electron chi connectivity index (χ3n) is 5.63. The molecule has 2 aliphatic heterocycles. The lowest BCUT2D eigenvalue weighted by Crippen LogP contribution is -2.20. The van der Waals surface area contributed by atoms with Crippen molar-refractivity contribution < 1.29 is 22.4 Å². The van der Waals surface area contributed by atoms with Gasteiger partial charge < -0.3 is 15.5 Å². The second-order valence-corrected chi connectivity index (χ2v) is 7.70. The Balaban J connectivity index is 1.45. The minimum atomic E-state index is -4.56. The maximum Gasteiger partial charge on any atom is 0.418 e. The van der Waals surface area contributed by atoms with E-state index in [2.05, 4.69) is 10.6 Å². The predicted molar refractivity (Wildman–Crippen MR) is 114 cm³/mol. The molecule has 0 unspecified atom stereocenters. The highest BCUT2D eigenvalue weighted by Gasteiger charge is 2.36. The Morgan fingerprint density at radius 1 is 0.969 bits per heavy atom. The van der Waals surface area contributed by atoms with Crippen LogP contribution in [-0.4, -0.2) is 5.91 Å². The minimum absolute atomic E-state index is 0.0953. The molecule has 3 aromatic carbocycles. The molecule has 0 saturated heterocycles. The van der Waals surface area contributed by atoms with Gasteiger partial charge in [-0.05, 0) is 47.5 Å². The molecule has 0 aliphatic carbocycles. The Kier molecular flexibility index (Phi) is 4.65. The van der Waals surface area contributed by atoms with Crippen molar-refractivity contribution in [2.75, 3.05) is 15.5 Å². The highest BCUT2D eigenvalue weighted by molar-refractivity contribution is 6.31. The van der Waals surface area contributed by atoms with Crippen molar-refractivity contribution in [3.63, 3.8) is 0 Å². The van der Waals surface area contributed by atoms with E-state index in [0.29, 0.717) is 24.3 Å². The van der Waals surface area contributed by atoms with Gasteiger partial charge in [-0.2, -0.15) is 13.2 Å². The lowest BCUT2D eigenvalue weighted by atomic mass is 10.1. The van der Waals surface area contributed by atoms with Crippen molar-refractivity contribution in [1.29, 1.82) is 0 Å². The van der Waals surface area contributed by atoms with Gasteiger partial charge in [-0.3, -0.25) is 4.79 Å². The van der Waals surface area contributed by atoms with Crippen LogP contribution in [0.1, 0.15) is 22.3 Å². The first-order valence-corrected chi connectivity index (χ1v) is 9.90. The summed E-state index contributed by atoms with van der Waals surface area (Å²) in [5.41, 5.74) is 2.45. The highest BCUT2D eigenvalue weighted by atomic mass is 19.4. The number of carbonyl (C=O) groups excluding carboxylic acids is 1. The number of benzene rings is 3. The first-order valence-electron chi connectivity index (χ1n) is 9.90. The maximum atomic E-state index is 13.9. The number of alkyl halides is 3. The number of nitrogens with one attached hydrogen (secondary N) is 2. The Morgan fingerprint density at radius 3 is 2.38 bits per heavy atom. The molecule has 0 aromatic heterocycles. The topological polar surface area (TPSA) is 44.4 Å². The average molecular weight is 439 g/mol. The Hall–Kier alpha value is -3.81. The zero-order valence-electron chi connectivity index (χ0n) is 16.6. The van der Waals surface area contributed by atoms with E-state index in [-0.39, 0.29) is 16.9 Å². The van der Waals surface area contributed by atoms with Crippen molar-refractivity contribution >= 4 is 28.5 Å². The Bertz CT molecular complexity index is 1240. The van der Waals surface area contributed by atoms with Crippen LogP contribution in [0.3, 0.4) is 0 Å². The molecule has 8 heteroatoms. The molecule has 0 saturated carbocycles. The van der Waals surface area contributed by atoms with Gasteiger partial charge in [0.15, 0.2) is 0 Å². The summed E-state index contributed by atoms with van der Waals surface area (Å²) in [4.78, 5) is 13.9. The minimum Gasteiger partial charge on any atom is -0.362 e. The fourth-order valence-corrected chi connectivity index (χ4v) is 4.09. The molecule has 32 heavy (non-hydrogen) atoms. The van der Waals surface area contributed by atoms with E-state index in [1.54, 1.807) is 4.90 Å². The molecule has 3 aromatic rings. The molecule has 0 spiro atoms. The van der Waals surface area contributed by atoms with Crippen LogP contribution in [0.4, 0.5) is 34.6 Å². The number of fused-ring (bicyclic) bond motifs is 2. The Labute approximate surface area is 181 Å². The standard InChI is InChI=1S/C24H17F4N3O/c25-16-5-7-21-18(9-16)19(23(32)30-21)11-29-17-6-8-22(20(10-17)24(26,27)28)31-12-14-3-1-2-4-15(14)13-31/h1-11,29H,12-13H2,(H,30,32)/b19-11+. The molecular formula is C24H17F4N3O. The van der Waals surface area contributed by atoms with Gasteiger partial charge in [0.2, 0.25) is 0 Å². The highest BCUT2D eigenvalue weighted by Crippen LogP contribution is 2.41. The number of hydrogen-bond donors (Lipinski definition) is 2. The number of hydrogen-bond acceptors (Lipinski definition) is 3. The van der Waals surface area contributed by atoms with Crippen molar-refractivity contribution in [3.8, 4) is 0 Å². The van der Waals surface area contributed by atoms with Gasteiger partial charge in [-0.25, -0.2) is 4.39 Å². The number of halogens is 4. The molecule has 162 valence electrons. The van der Waals surface area contributed by atoms with Gasteiger partial charge in [0.05, 0.1) is 11.1 Å². The molecule has 2 heterocycles. The van der Waals surface area contributed by atoms with Crippen molar-refractivity contribution in [3.05, 3.63) is 94.9 Å². The van der Waals surface area contributed by atoms with Gasteiger partial charge in [-0.15, -0.1) is 0 Å². The zero-order chi connectivity index (χ0) is 22.5. The van der Waals surface area contributed by atoms with Crippen molar-refractivity contribution in [2.45, 2.75) is 19.3 Å². The first kappa shape index (κ1) is 20.1. The van der Waals surface area contributed by atoms with E-state index in [4.69, 9.17) is 0 Å². The van der Waals surface area contributed by atoms with E-state index in [1.807, 2.05) is 24.3 Å². The lowest BCUT2D eigenvalue weighted by molar-refractivity contribution is -0.137. The van der Waals surface area contributed by atoms with Crippen LogP contribution in [-0.2, 0) is 24.1 Å². The number of anilines is 3. The lowest BCUT2D eigenvalue weighted by Gasteiger charge is -2.23.